The molecule has 1 aliphatic carbocycles. The monoisotopic (exact) mass is 364 g/mol. The lowest BCUT2D eigenvalue weighted by molar-refractivity contribution is 0.0980. The van der Waals surface area contributed by atoms with Gasteiger partial charge in [0.05, 0.1) is 21.8 Å². The highest BCUT2D eigenvalue weighted by Gasteiger charge is 2.34. The summed E-state index contributed by atoms with van der Waals surface area (Å²) in [7, 11) is 0. The minimum absolute atomic E-state index is 0.0574. The van der Waals surface area contributed by atoms with Crippen molar-refractivity contribution in [3.8, 4) is 11.5 Å². The number of ketones is 2. The number of carbonyl (C=O) groups is 2. The van der Waals surface area contributed by atoms with Crippen molar-refractivity contribution in [2.24, 2.45) is 0 Å². The second-order valence-corrected chi connectivity index (χ2v) is 6.27. The molecule has 3 aromatic rings. The van der Waals surface area contributed by atoms with Gasteiger partial charge < -0.3 is 16.2 Å². The Bertz CT molecular complexity index is 1090. The van der Waals surface area contributed by atoms with Crippen LogP contribution >= 0.6 is 11.6 Å². The molecule has 0 unspecified atom stereocenters. The second kappa shape index (κ2) is 5.89. The number of rotatable bonds is 2. The number of anilines is 2. The van der Waals surface area contributed by atoms with Crippen molar-refractivity contribution >= 4 is 34.5 Å². The molecule has 0 heterocycles. The Kier molecular flexibility index (Phi) is 3.67. The van der Waals surface area contributed by atoms with Gasteiger partial charge in [0, 0.05) is 22.9 Å². The molecule has 0 atom stereocenters. The number of fused-ring (bicyclic) bond motifs is 2. The number of ether oxygens (including phenoxy) is 1. The van der Waals surface area contributed by atoms with E-state index in [9.17, 15) is 9.59 Å². The highest BCUT2D eigenvalue weighted by Crippen LogP contribution is 2.41. The molecule has 0 fully saturated rings. The third-order valence-electron chi connectivity index (χ3n) is 4.29. The predicted octanol–water partition coefficient (Wildman–Crippen LogP) is 4.07. The summed E-state index contributed by atoms with van der Waals surface area (Å²) >= 11 is 6.11. The zero-order valence-electron chi connectivity index (χ0n) is 13.5. The van der Waals surface area contributed by atoms with E-state index in [4.69, 9.17) is 27.8 Å². The van der Waals surface area contributed by atoms with Crippen LogP contribution in [0.3, 0.4) is 0 Å². The third kappa shape index (κ3) is 2.33. The molecule has 0 saturated heterocycles. The largest absolute Gasteiger partial charge is 0.454 e. The van der Waals surface area contributed by atoms with Gasteiger partial charge in [0.25, 0.3) is 0 Å². The van der Waals surface area contributed by atoms with Crippen LogP contribution in [0.25, 0.3) is 0 Å². The molecule has 0 radical (unpaired) electrons. The Hall–Kier alpha value is -3.31. The van der Waals surface area contributed by atoms with Gasteiger partial charge in [-0.2, -0.15) is 0 Å². The number of nitrogen functional groups attached to an aromatic ring is 2. The minimum Gasteiger partial charge on any atom is -0.454 e. The molecule has 6 heteroatoms. The minimum atomic E-state index is -0.357. The van der Waals surface area contributed by atoms with E-state index in [1.807, 2.05) is 0 Å². The van der Waals surface area contributed by atoms with Crippen molar-refractivity contribution in [3.63, 3.8) is 0 Å². The molecule has 0 aliphatic heterocycles. The molecule has 26 heavy (non-hydrogen) atoms. The molecule has 1 aliphatic rings. The molecular formula is C20H13ClN2O3. The Morgan fingerprint density at radius 1 is 0.769 bits per heavy atom. The van der Waals surface area contributed by atoms with Gasteiger partial charge in [0.2, 0.25) is 0 Å². The van der Waals surface area contributed by atoms with Gasteiger partial charge in [-0.25, -0.2) is 0 Å². The van der Waals surface area contributed by atoms with Crippen LogP contribution in [0.1, 0.15) is 31.8 Å². The lowest BCUT2D eigenvalue weighted by atomic mass is 9.82. The number of nitrogens with two attached hydrogens (primary N) is 2. The van der Waals surface area contributed by atoms with Crippen LogP contribution in [-0.4, -0.2) is 11.6 Å². The summed E-state index contributed by atoms with van der Waals surface area (Å²) in [6, 6.07) is 14.9. The first-order valence-corrected chi connectivity index (χ1v) is 8.19. The number of benzene rings is 3. The summed E-state index contributed by atoms with van der Waals surface area (Å²) in [5.74, 6) is -0.141. The van der Waals surface area contributed by atoms with Crippen molar-refractivity contribution in [2.75, 3.05) is 11.5 Å². The smallest absolute Gasteiger partial charge is 0.196 e. The molecule has 4 N–H and O–H groups in total. The lowest BCUT2D eigenvalue weighted by Crippen LogP contribution is -2.24. The van der Waals surface area contributed by atoms with Crippen LogP contribution in [-0.2, 0) is 0 Å². The molecule has 0 saturated carbocycles. The molecule has 0 aromatic heterocycles. The fourth-order valence-corrected chi connectivity index (χ4v) is 3.23. The molecule has 128 valence electrons. The average molecular weight is 365 g/mol. The highest BCUT2D eigenvalue weighted by atomic mass is 35.5. The van der Waals surface area contributed by atoms with Crippen LogP contribution in [0.5, 0.6) is 11.5 Å². The number of para-hydroxylation sites is 1. The van der Waals surface area contributed by atoms with Crippen molar-refractivity contribution in [1.29, 1.82) is 0 Å². The Labute approximate surface area is 154 Å². The van der Waals surface area contributed by atoms with Crippen LogP contribution < -0.4 is 16.2 Å². The zero-order chi connectivity index (χ0) is 18.4. The van der Waals surface area contributed by atoms with Crippen LogP contribution in [0.2, 0.25) is 5.02 Å². The fraction of sp³-hybridized carbons (Fsp3) is 0. The lowest BCUT2D eigenvalue weighted by Gasteiger charge is -2.22. The van der Waals surface area contributed by atoms with E-state index >= 15 is 0 Å². The van der Waals surface area contributed by atoms with E-state index in [1.165, 1.54) is 6.07 Å². The fourth-order valence-electron chi connectivity index (χ4n) is 3.05. The molecule has 4 rings (SSSR count). The molecule has 0 spiro atoms. The van der Waals surface area contributed by atoms with E-state index in [-0.39, 0.29) is 39.8 Å². The number of halogens is 1. The first-order valence-electron chi connectivity index (χ1n) is 7.81. The zero-order valence-corrected chi connectivity index (χ0v) is 14.2. The van der Waals surface area contributed by atoms with Crippen molar-refractivity contribution in [3.05, 3.63) is 81.9 Å². The highest BCUT2D eigenvalue weighted by molar-refractivity contribution is 6.32. The van der Waals surface area contributed by atoms with Crippen molar-refractivity contribution in [1.82, 2.24) is 0 Å². The Morgan fingerprint density at radius 2 is 1.35 bits per heavy atom. The maximum Gasteiger partial charge on any atom is 0.196 e. The summed E-state index contributed by atoms with van der Waals surface area (Å²) in [6.07, 6.45) is 0. The summed E-state index contributed by atoms with van der Waals surface area (Å²) < 4.78 is 5.76. The summed E-state index contributed by atoms with van der Waals surface area (Å²) in [5.41, 5.74) is 13.2. The maximum atomic E-state index is 12.9. The van der Waals surface area contributed by atoms with E-state index in [0.717, 1.165) is 0 Å². The molecular weight excluding hydrogens is 352 g/mol. The average Bonchev–Trinajstić information content (AvgIpc) is 2.64. The molecule has 5 nitrogen and oxygen atoms in total. The predicted molar refractivity (Wildman–Crippen MR) is 100 cm³/mol. The molecule has 3 aromatic carbocycles. The van der Waals surface area contributed by atoms with E-state index < -0.39 is 0 Å². The standard InChI is InChI=1S/C20H13ClN2O3/c21-12-7-3-4-8-14(12)26-15-9-13(22)16-17(18(15)23)20(25)11-6-2-1-5-10(11)19(16)24/h1-9H,22-23H2. The third-order valence-corrected chi connectivity index (χ3v) is 4.60. The number of carbonyl (C=O) groups excluding carboxylic acids is 2. The van der Waals surface area contributed by atoms with Gasteiger partial charge in [0.1, 0.15) is 5.75 Å². The van der Waals surface area contributed by atoms with Gasteiger partial charge >= 0.3 is 0 Å². The second-order valence-electron chi connectivity index (χ2n) is 5.86. The topological polar surface area (TPSA) is 95.4 Å². The van der Waals surface area contributed by atoms with Gasteiger partial charge in [-0.15, -0.1) is 0 Å². The van der Waals surface area contributed by atoms with Gasteiger partial charge in [-0.1, -0.05) is 48.0 Å². The normalized spacial score (nSPS) is 12.5. The van der Waals surface area contributed by atoms with Crippen molar-refractivity contribution < 1.29 is 14.3 Å². The van der Waals surface area contributed by atoms with E-state index in [2.05, 4.69) is 0 Å². The van der Waals surface area contributed by atoms with Crippen LogP contribution in [0, 0.1) is 0 Å². The van der Waals surface area contributed by atoms with Crippen molar-refractivity contribution in [2.45, 2.75) is 0 Å². The Balaban J connectivity index is 1.90. The first kappa shape index (κ1) is 16.2. The first-order chi connectivity index (χ1) is 12.5. The van der Waals surface area contributed by atoms with E-state index in [1.54, 1.807) is 48.5 Å². The van der Waals surface area contributed by atoms with Crippen LogP contribution in [0.15, 0.2) is 54.6 Å². The quantitative estimate of drug-likeness (QED) is 0.523. The van der Waals surface area contributed by atoms with Gasteiger partial charge in [-0.3, -0.25) is 9.59 Å². The summed E-state index contributed by atoms with van der Waals surface area (Å²) in [6.45, 7) is 0. The number of hydrogen-bond acceptors (Lipinski definition) is 5. The van der Waals surface area contributed by atoms with Gasteiger partial charge in [-0.05, 0) is 12.1 Å². The maximum absolute atomic E-state index is 12.9. The van der Waals surface area contributed by atoms with E-state index in [0.29, 0.717) is 21.9 Å². The molecule has 0 amide bonds. The Morgan fingerprint density at radius 3 is 2.00 bits per heavy atom. The number of hydrogen-bond donors (Lipinski definition) is 2. The SMILES string of the molecule is Nc1cc(Oc2ccccc2Cl)c(N)c2c1C(=O)c1ccccc1C2=O. The van der Waals surface area contributed by atoms with Gasteiger partial charge in [0.15, 0.2) is 17.3 Å². The molecule has 0 bridgehead atoms. The van der Waals surface area contributed by atoms with Crippen LogP contribution in [0.4, 0.5) is 11.4 Å². The summed E-state index contributed by atoms with van der Waals surface area (Å²) in [5, 5.41) is 0.385. The summed E-state index contributed by atoms with van der Waals surface area (Å²) in [4.78, 5) is 25.7.